The fraction of sp³-hybridized carbons (Fsp3) is 0.231. The number of nitrogens with zero attached hydrogens (tertiary/aromatic N) is 2. The molecule has 0 spiro atoms. The van der Waals surface area contributed by atoms with E-state index >= 15 is 0 Å². The van der Waals surface area contributed by atoms with E-state index in [9.17, 15) is 20.0 Å². The maximum Gasteiger partial charge on any atom is 0.310 e. The summed E-state index contributed by atoms with van der Waals surface area (Å²) in [7, 11) is 0. The van der Waals surface area contributed by atoms with Crippen molar-refractivity contribution >= 4 is 11.6 Å². The predicted octanol–water partition coefficient (Wildman–Crippen LogP) is 1.39. The molecule has 2 rings (SSSR count). The molecule has 3 N–H and O–H groups in total. The van der Waals surface area contributed by atoms with Crippen molar-refractivity contribution in [2.45, 2.75) is 12.8 Å². The summed E-state index contributed by atoms with van der Waals surface area (Å²) in [5.74, 6) is -0.0693. The van der Waals surface area contributed by atoms with Gasteiger partial charge in [-0.3, -0.25) is 14.9 Å². The van der Waals surface area contributed by atoms with Gasteiger partial charge < -0.3 is 15.4 Å². The summed E-state index contributed by atoms with van der Waals surface area (Å²) < 4.78 is 0. The number of H-pyrrole nitrogens is 1. The molecule has 1 heterocycles. The normalized spacial score (nSPS) is 10.3. The van der Waals surface area contributed by atoms with Crippen LogP contribution in [0.4, 0.5) is 5.69 Å². The van der Waals surface area contributed by atoms with Gasteiger partial charge in [0.1, 0.15) is 5.82 Å². The highest BCUT2D eigenvalue weighted by Gasteiger charge is 2.15. The van der Waals surface area contributed by atoms with Gasteiger partial charge in [0.15, 0.2) is 5.75 Å². The predicted molar refractivity (Wildman–Crippen MR) is 74.0 cm³/mol. The highest BCUT2D eigenvalue weighted by atomic mass is 16.6. The van der Waals surface area contributed by atoms with Gasteiger partial charge in [-0.25, -0.2) is 4.98 Å². The molecule has 2 aromatic rings. The molecule has 1 aromatic carbocycles. The Morgan fingerprint density at radius 1 is 1.48 bits per heavy atom. The molecule has 0 radical (unpaired) electrons. The summed E-state index contributed by atoms with van der Waals surface area (Å²) in [6.07, 6.45) is 4.80. The lowest BCUT2D eigenvalue weighted by Crippen LogP contribution is -2.24. The number of hydrogen-bond donors (Lipinski definition) is 3. The second kappa shape index (κ2) is 6.51. The number of nitro benzene ring substituents is 1. The number of aromatic nitrogens is 2. The smallest absolute Gasteiger partial charge is 0.310 e. The molecule has 0 atom stereocenters. The largest absolute Gasteiger partial charge is 0.502 e. The van der Waals surface area contributed by atoms with Crippen molar-refractivity contribution in [3.05, 3.63) is 52.1 Å². The SMILES string of the molecule is O=C(NCCCc1ncc[nH]1)c1ccc([N+](=O)[O-])c(O)c1. The average molecular weight is 290 g/mol. The van der Waals surface area contributed by atoms with Gasteiger partial charge in [-0.1, -0.05) is 0 Å². The molecular formula is C13H14N4O4. The van der Waals surface area contributed by atoms with Crippen LogP contribution < -0.4 is 5.32 Å². The molecule has 1 aromatic heterocycles. The Balaban J connectivity index is 1.85. The van der Waals surface area contributed by atoms with Crippen LogP contribution in [0.5, 0.6) is 5.75 Å². The Labute approximate surface area is 120 Å². The number of benzene rings is 1. The van der Waals surface area contributed by atoms with E-state index in [1.807, 2.05) is 0 Å². The lowest BCUT2D eigenvalue weighted by Gasteiger charge is -2.05. The third-order valence-corrected chi connectivity index (χ3v) is 2.87. The van der Waals surface area contributed by atoms with Crippen LogP contribution >= 0.6 is 0 Å². The first-order chi connectivity index (χ1) is 10.1. The number of imidazole rings is 1. The number of amides is 1. The molecular weight excluding hydrogens is 276 g/mol. The Bertz CT molecular complexity index is 640. The average Bonchev–Trinajstić information content (AvgIpc) is 2.96. The van der Waals surface area contributed by atoms with E-state index in [1.54, 1.807) is 12.4 Å². The third-order valence-electron chi connectivity index (χ3n) is 2.87. The van der Waals surface area contributed by atoms with Crippen LogP contribution in [0.1, 0.15) is 22.6 Å². The molecule has 0 aliphatic rings. The van der Waals surface area contributed by atoms with Gasteiger partial charge in [0.2, 0.25) is 0 Å². The lowest BCUT2D eigenvalue weighted by molar-refractivity contribution is -0.385. The summed E-state index contributed by atoms with van der Waals surface area (Å²) in [4.78, 5) is 28.7. The van der Waals surface area contributed by atoms with Crippen LogP contribution in [0.25, 0.3) is 0 Å². The van der Waals surface area contributed by atoms with Crippen molar-refractivity contribution < 1.29 is 14.8 Å². The summed E-state index contributed by atoms with van der Waals surface area (Å²) in [5, 5.41) is 22.7. The number of aryl methyl sites for hydroxylation is 1. The lowest BCUT2D eigenvalue weighted by atomic mass is 10.1. The van der Waals surface area contributed by atoms with Crippen LogP contribution in [-0.2, 0) is 6.42 Å². The van der Waals surface area contributed by atoms with Crippen molar-refractivity contribution in [2.75, 3.05) is 6.54 Å². The first-order valence-electron chi connectivity index (χ1n) is 6.32. The minimum Gasteiger partial charge on any atom is -0.502 e. The van der Waals surface area contributed by atoms with Gasteiger partial charge in [-0.2, -0.15) is 0 Å². The molecule has 0 saturated carbocycles. The van der Waals surface area contributed by atoms with Crippen LogP contribution in [-0.4, -0.2) is 32.4 Å². The molecule has 21 heavy (non-hydrogen) atoms. The number of carbonyl (C=O) groups excluding carboxylic acids is 1. The van der Waals surface area contributed by atoms with Crippen molar-refractivity contribution in [3.8, 4) is 5.75 Å². The van der Waals surface area contributed by atoms with Crippen LogP contribution in [0, 0.1) is 10.1 Å². The number of nitro groups is 1. The highest BCUT2D eigenvalue weighted by Crippen LogP contribution is 2.26. The molecule has 0 aliphatic heterocycles. The zero-order chi connectivity index (χ0) is 15.2. The fourth-order valence-corrected chi connectivity index (χ4v) is 1.81. The van der Waals surface area contributed by atoms with Crippen molar-refractivity contribution in [3.63, 3.8) is 0 Å². The van der Waals surface area contributed by atoms with E-state index in [-0.39, 0.29) is 11.5 Å². The van der Waals surface area contributed by atoms with Crippen molar-refractivity contribution in [2.24, 2.45) is 0 Å². The second-order valence-corrected chi connectivity index (χ2v) is 4.36. The summed E-state index contributed by atoms with van der Waals surface area (Å²) in [5.41, 5.74) is -0.250. The van der Waals surface area contributed by atoms with Gasteiger partial charge in [-0.05, 0) is 18.6 Å². The van der Waals surface area contributed by atoms with E-state index in [2.05, 4.69) is 15.3 Å². The molecule has 0 aliphatic carbocycles. The Hall–Kier alpha value is -2.90. The zero-order valence-corrected chi connectivity index (χ0v) is 11.1. The summed E-state index contributed by atoms with van der Waals surface area (Å²) in [6, 6.07) is 3.49. The Morgan fingerprint density at radius 2 is 2.29 bits per heavy atom. The van der Waals surface area contributed by atoms with E-state index in [1.165, 1.54) is 6.07 Å². The van der Waals surface area contributed by atoms with Crippen LogP contribution in [0.15, 0.2) is 30.6 Å². The van der Waals surface area contributed by atoms with Gasteiger partial charge >= 0.3 is 5.69 Å². The number of phenolic OH excluding ortho intramolecular Hbond substituents is 1. The Kier molecular flexibility index (Phi) is 4.50. The molecule has 0 saturated heterocycles. The van der Waals surface area contributed by atoms with Gasteiger partial charge in [-0.15, -0.1) is 0 Å². The first kappa shape index (κ1) is 14.5. The van der Waals surface area contributed by atoms with E-state index < -0.39 is 16.4 Å². The molecule has 110 valence electrons. The second-order valence-electron chi connectivity index (χ2n) is 4.36. The van der Waals surface area contributed by atoms with Crippen molar-refractivity contribution in [1.29, 1.82) is 0 Å². The van der Waals surface area contributed by atoms with E-state index in [0.717, 1.165) is 18.0 Å². The third kappa shape index (κ3) is 3.78. The standard InChI is InChI=1S/C13H14N4O4/c18-11-8-9(3-4-10(11)17(20)21)13(19)16-5-1-2-12-14-6-7-15-12/h3-4,6-8,18H,1-2,5H2,(H,14,15)(H,16,19). The number of aromatic amines is 1. The molecule has 0 unspecified atom stereocenters. The number of carbonyl (C=O) groups is 1. The van der Waals surface area contributed by atoms with E-state index in [0.29, 0.717) is 19.4 Å². The van der Waals surface area contributed by atoms with Gasteiger partial charge in [0, 0.05) is 37.0 Å². The van der Waals surface area contributed by atoms with Crippen LogP contribution in [0.3, 0.4) is 0 Å². The highest BCUT2D eigenvalue weighted by molar-refractivity contribution is 5.95. The molecule has 8 heteroatoms. The quantitative estimate of drug-likeness (QED) is 0.421. The van der Waals surface area contributed by atoms with Gasteiger partial charge in [0.05, 0.1) is 4.92 Å². The molecule has 8 nitrogen and oxygen atoms in total. The number of phenols is 1. The minimum absolute atomic E-state index is 0.177. The number of nitrogens with one attached hydrogen (secondary N) is 2. The Morgan fingerprint density at radius 3 is 2.90 bits per heavy atom. The van der Waals surface area contributed by atoms with Gasteiger partial charge in [0.25, 0.3) is 5.91 Å². The zero-order valence-electron chi connectivity index (χ0n) is 11.1. The summed E-state index contributed by atoms with van der Waals surface area (Å²) >= 11 is 0. The fourth-order valence-electron chi connectivity index (χ4n) is 1.81. The molecule has 1 amide bonds. The summed E-state index contributed by atoms with van der Waals surface area (Å²) in [6.45, 7) is 0.442. The monoisotopic (exact) mass is 290 g/mol. The number of aromatic hydroxyl groups is 1. The molecule has 0 fully saturated rings. The first-order valence-corrected chi connectivity index (χ1v) is 6.32. The maximum atomic E-state index is 11.8. The number of hydrogen-bond acceptors (Lipinski definition) is 5. The van der Waals surface area contributed by atoms with E-state index in [4.69, 9.17) is 0 Å². The van der Waals surface area contributed by atoms with Crippen molar-refractivity contribution in [1.82, 2.24) is 15.3 Å². The minimum atomic E-state index is -0.708. The topological polar surface area (TPSA) is 121 Å². The maximum absolute atomic E-state index is 11.8. The molecule has 0 bridgehead atoms. The number of rotatable bonds is 6. The van der Waals surface area contributed by atoms with Crippen LogP contribution in [0.2, 0.25) is 0 Å².